The van der Waals surface area contributed by atoms with Crippen molar-refractivity contribution in [1.29, 1.82) is 0 Å². The first-order valence-corrected chi connectivity index (χ1v) is 7.88. The van der Waals surface area contributed by atoms with Crippen molar-refractivity contribution in [3.63, 3.8) is 0 Å². The number of imidazole rings is 1. The third-order valence-electron chi connectivity index (χ3n) is 3.68. The predicted molar refractivity (Wildman–Crippen MR) is 85.7 cm³/mol. The molecule has 6 heteroatoms. The first-order valence-electron chi connectivity index (χ1n) is 7.50. The van der Waals surface area contributed by atoms with Crippen molar-refractivity contribution in [3.8, 4) is 0 Å². The zero-order valence-electron chi connectivity index (χ0n) is 13.3. The third-order valence-corrected chi connectivity index (χ3v) is 4.12. The standard InChI is InChI=1S/C15H24ClN5/c1-5-7-17-8-12-9-18-11(3)21(12)10-14-15(16)13(6-2)19-20(14)4/h9,17H,5-8,10H2,1-4H3. The molecule has 0 aromatic carbocycles. The van der Waals surface area contributed by atoms with Gasteiger partial charge < -0.3 is 9.88 Å². The minimum absolute atomic E-state index is 0.706. The minimum Gasteiger partial charge on any atom is -0.325 e. The second-order valence-corrected chi connectivity index (χ2v) is 5.62. The van der Waals surface area contributed by atoms with Gasteiger partial charge >= 0.3 is 0 Å². The van der Waals surface area contributed by atoms with Crippen LogP contribution in [0, 0.1) is 6.92 Å². The average Bonchev–Trinajstić information content (AvgIpc) is 2.95. The maximum absolute atomic E-state index is 6.45. The molecule has 21 heavy (non-hydrogen) atoms. The molecule has 0 radical (unpaired) electrons. The zero-order chi connectivity index (χ0) is 15.4. The van der Waals surface area contributed by atoms with Crippen LogP contribution in [0.2, 0.25) is 5.02 Å². The maximum atomic E-state index is 6.45. The molecule has 2 aromatic rings. The van der Waals surface area contributed by atoms with E-state index in [0.717, 1.165) is 48.2 Å². The number of aryl methyl sites for hydroxylation is 3. The van der Waals surface area contributed by atoms with Crippen molar-refractivity contribution in [1.82, 2.24) is 24.6 Å². The molecule has 0 atom stereocenters. The Morgan fingerprint density at radius 3 is 2.71 bits per heavy atom. The number of halogens is 1. The molecule has 2 rings (SSSR count). The first kappa shape index (κ1) is 16.0. The molecule has 0 aliphatic rings. The fourth-order valence-electron chi connectivity index (χ4n) is 2.41. The van der Waals surface area contributed by atoms with Crippen LogP contribution in [0.3, 0.4) is 0 Å². The molecule has 116 valence electrons. The van der Waals surface area contributed by atoms with E-state index in [2.05, 4.69) is 33.8 Å². The fraction of sp³-hybridized carbons (Fsp3) is 0.600. The Balaban J connectivity index is 2.23. The molecule has 5 nitrogen and oxygen atoms in total. The zero-order valence-corrected chi connectivity index (χ0v) is 14.0. The molecular formula is C15H24ClN5. The van der Waals surface area contributed by atoms with E-state index in [1.54, 1.807) is 0 Å². The molecule has 0 fully saturated rings. The van der Waals surface area contributed by atoms with Crippen molar-refractivity contribution < 1.29 is 0 Å². The van der Waals surface area contributed by atoms with E-state index in [1.165, 1.54) is 5.69 Å². The summed E-state index contributed by atoms with van der Waals surface area (Å²) < 4.78 is 4.08. The molecule has 0 spiro atoms. The second-order valence-electron chi connectivity index (χ2n) is 5.24. The highest BCUT2D eigenvalue weighted by atomic mass is 35.5. The Morgan fingerprint density at radius 1 is 1.33 bits per heavy atom. The van der Waals surface area contributed by atoms with Crippen LogP contribution in [0.25, 0.3) is 0 Å². The summed E-state index contributed by atoms with van der Waals surface area (Å²) in [5.74, 6) is 0.999. The summed E-state index contributed by atoms with van der Waals surface area (Å²) in [4.78, 5) is 4.43. The summed E-state index contributed by atoms with van der Waals surface area (Å²) in [6.07, 6.45) is 3.91. The minimum atomic E-state index is 0.706. The molecule has 0 saturated carbocycles. The van der Waals surface area contributed by atoms with Gasteiger partial charge in [0.15, 0.2) is 0 Å². The monoisotopic (exact) mass is 309 g/mol. The molecule has 2 heterocycles. The van der Waals surface area contributed by atoms with Gasteiger partial charge in [0.1, 0.15) is 5.82 Å². The molecule has 0 bridgehead atoms. The van der Waals surface area contributed by atoms with E-state index in [1.807, 2.05) is 24.9 Å². The Morgan fingerprint density at radius 2 is 2.10 bits per heavy atom. The Hall–Kier alpha value is -1.33. The molecule has 0 saturated heterocycles. The Labute approximate surface area is 131 Å². The SMILES string of the molecule is CCCNCc1cnc(C)n1Cc1c(Cl)c(CC)nn1C. The van der Waals surface area contributed by atoms with E-state index in [0.29, 0.717) is 6.54 Å². The lowest BCUT2D eigenvalue weighted by atomic mass is 10.3. The van der Waals surface area contributed by atoms with Crippen molar-refractivity contribution in [2.24, 2.45) is 7.05 Å². The van der Waals surface area contributed by atoms with Crippen LogP contribution in [0.4, 0.5) is 0 Å². The number of nitrogens with zero attached hydrogens (tertiary/aromatic N) is 4. The van der Waals surface area contributed by atoms with Crippen molar-refractivity contribution in [2.75, 3.05) is 6.54 Å². The quantitative estimate of drug-likeness (QED) is 0.800. The lowest BCUT2D eigenvalue weighted by Gasteiger charge is -2.11. The van der Waals surface area contributed by atoms with Crippen LogP contribution in [0.5, 0.6) is 0 Å². The van der Waals surface area contributed by atoms with Gasteiger partial charge in [0.05, 0.1) is 28.6 Å². The van der Waals surface area contributed by atoms with E-state index in [4.69, 9.17) is 11.6 Å². The van der Waals surface area contributed by atoms with Crippen molar-refractivity contribution >= 4 is 11.6 Å². The van der Waals surface area contributed by atoms with Crippen LogP contribution < -0.4 is 5.32 Å². The lowest BCUT2D eigenvalue weighted by molar-refractivity contribution is 0.600. The lowest BCUT2D eigenvalue weighted by Crippen LogP contribution is -2.18. The third kappa shape index (κ3) is 3.47. The topological polar surface area (TPSA) is 47.7 Å². The number of rotatable bonds is 7. The van der Waals surface area contributed by atoms with Gasteiger partial charge in [0, 0.05) is 19.8 Å². The molecule has 2 aromatic heterocycles. The van der Waals surface area contributed by atoms with Crippen LogP contribution >= 0.6 is 11.6 Å². The van der Waals surface area contributed by atoms with Crippen LogP contribution in [-0.4, -0.2) is 25.9 Å². The highest BCUT2D eigenvalue weighted by Gasteiger charge is 2.15. The molecule has 0 amide bonds. The molecule has 0 unspecified atom stereocenters. The van der Waals surface area contributed by atoms with Gasteiger partial charge in [-0.2, -0.15) is 5.10 Å². The largest absolute Gasteiger partial charge is 0.325 e. The van der Waals surface area contributed by atoms with E-state index in [-0.39, 0.29) is 0 Å². The van der Waals surface area contributed by atoms with Gasteiger partial charge in [0.25, 0.3) is 0 Å². The summed E-state index contributed by atoms with van der Waals surface area (Å²) in [5.41, 5.74) is 3.17. The Kier molecular flexibility index (Phi) is 5.42. The molecule has 1 N–H and O–H groups in total. The van der Waals surface area contributed by atoms with Crippen molar-refractivity contribution in [2.45, 2.75) is 46.7 Å². The number of aromatic nitrogens is 4. The second kappa shape index (κ2) is 7.09. The number of hydrogen-bond acceptors (Lipinski definition) is 3. The first-order chi connectivity index (χ1) is 10.1. The van der Waals surface area contributed by atoms with Gasteiger partial charge in [-0.25, -0.2) is 4.98 Å². The summed E-state index contributed by atoms with van der Waals surface area (Å²) in [7, 11) is 1.95. The fourth-order valence-corrected chi connectivity index (χ4v) is 2.76. The smallest absolute Gasteiger partial charge is 0.106 e. The van der Waals surface area contributed by atoms with Crippen LogP contribution in [0.15, 0.2) is 6.20 Å². The van der Waals surface area contributed by atoms with E-state index >= 15 is 0 Å². The summed E-state index contributed by atoms with van der Waals surface area (Å²) in [6, 6.07) is 0. The molecule has 0 aliphatic heterocycles. The number of nitrogens with one attached hydrogen (secondary N) is 1. The summed E-state index contributed by atoms with van der Waals surface area (Å²) in [5, 5.41) is 8.68. The highest BCUT2D eigenvalue weighted by Crippen LogP contribution is 2.22. The van der Waals surface area contributed by atoms with Gasteiger partial charge in [-0.15, -0.1) is 0 Å². The summed E-state index contributed by atoms with van der Waals surface area (Å²) >= 11 is 6.45. The summed E-state index contributed by atoms with van der Waals surface area (Å²) in [6.45, 7) is 8.80. The van der Waals surface area contributed by atoms with E-state index in [9.17, 15) is 0 Å². The van der Waals surface area contributed by atoms with Crippen LogP contribution in [0.1, 0.15) is 43.2 Å². The van der Waals surface area contributed by atoms with Gasteiger partial charge in [-0.1, -0.05) is 25.4 Å². The van der Waals surface area contributed by atoms with Gasteiger partial charge in [-0.05, 0) is 26.3 Å². The molecule has 0 aliphatic carbocycles. The Bertz CT molecular complexity index is 599. The average molecular weight is 310 g/mol. The van der Waals surface area contributed by atoms with Crippen LogP contribution in [-0.2, 0) is 26.6 Å². The van der Waals surface area contributed by atoms with E-state index < -0.39 is 0 Å². The maximum Gasteiger partial charge on any atom is 0.106 e. The van der Waals surface area contributed by atoms with Gasteiger partial charge in [0.2, 0.25) is 0 Å². The predicted octanol–water partition coefficient (Wildman–Crippen LogP) is 2.69. The normalized spacial score (nSPS) is 11.3. The highest BCUT2D eigenvalue weighted by molar-refractivity contribution is 6.31. The van der Waals surface area contributed by atoms with Gasteiger partial charge in [-0.3, -0.25) is 4.68 Å². The van der Waals surface area contributed by atoms with Crippen molar-refractivity contribution in [3.05, 3.63) is 34.1 Å². The number of hydrogen-bond donors (Lipinski definition) is 1. The molecular weight excluding hydrogens is 286 g/mol.